The quantitative estimate of drug-likeness (QED) is 0.747. The summed E-state index contributed by atoms with van der Waals surface area (Å²) in [4.78, 5) is 9.06. The third kappa shape index (κ3) is 4.04. The molecule has 2 atom stereocenters. The van der Waals surface area contributed by atoms with Crippen LogP contribution >= 0.6 is 0 Å². The first-order valence-corrected chi connectivity index (χ1v) is 8.07. The fourth-order valence-corrected chi connectivity index (χ4v) is 3.06. The molecule has 1 aromatic heterocycles. The van der Waals surface area contributed by atoms with Crippen molar-refractivity contribution < 1.29 is 14.4 Å². The summed E-state index contributed by atoms with van der Waals surface area (Å²) in [6, 6.07) is 0.470. The average Bonchev–Trinajstić information content (AvgIpc) is 3.05. The molecule has 2 fully saturated rings. The Kier molecular flexibility index (Phi) is 5.07. The van der Waals surface area contributed by atoms with Crippen LogP contribution in [0.3, 0.4) is 0 Å². The monoisotopic (exact) mass is 310 g/mol. The second-order valence-electron chi connectivity index (χ2n) is 6.55. The van der Waals surface area contributed by atoms with Crippen LogP contribution in [0.4, 0.5) is 0 Å². The van der Waals surface area contributed by atoms with Gasteiger partial charge in [0.1, 0.15) is 0 Å². The number of likely N-dealkylation sites (tertiary alicyclic amines) is 1. The smallest absolute Gasteiger partial charge is 0.229 e. The second-order valence-corrected chi connectivity index (χ2v) is 6.55. The molecule has 124 valence electrons. The van der Waals surface area contributed by atoms with Gasteiger partial charge in [0.2, 0.25) is 5.89 Å². The van der Waals surface area contributed by atoms with Gasteiger partial charge < -0.3 is 14.4 Å². The van der Waals surface area contributed by atoms with Crippen LogP contribution in [-0.2, 0) is 11.3 Å². The number of hydrogen-bond donors (Lipinski definition) is 1. The molecule has 22 heavy (non-hydrogen) atoms. The van der Waals surface area contributed by atoms with Crippen molar-refractivity contribution in [3.8, 4) is 0 Å². The second kappa shape index (κ2) is 7.04. The van der Waals surface area contributed by atoms with Crippen LogP contribution in [-0.4, -0.2) is 77.6 Å². The number of hydrogen-bond acceptors (Lipinski definition) is 7. The van der Waals surface area contributed by atoms with E-state index >= 15 is 0 Å². The van der Waals surface area contributed by atoms with Crippen molar-refractivity contribution in [2.45, 2.75) is 43.9 Å². The van der Waals surface area contributed by atoms with E-state index in [4.69, 9.17) is 9.26 Å². The van der Waals surface area contributed by atoms with Gasteiger partial charge in [-0.15, -0.1) is 0 Å². The van der Waals surface area contributed by atoms with E-state index in [1.54, 1.807) is 7.11 Å². The van der Waals surface area contributed by atoms with Gasteiger partial charge in [-0.25, -0.2) is 0 Å². The van der Waals surface area contributed by atoms with Crippen LogP contribution in [0, 0.1) is 0 Å². The van der Waals surface area contributed by atoms with Crippen molar-refractivity contribution in [1.29, 1.82) is 0 Å². The highest BCUT2D eigenvalue weighted by molar-refractivity contribution is 5.01. The Bertz CT molecular complexity index is 477. The molecule has 0 spiro atoms. The summed E-state index contributed by atoms with van der Waals surface area (Å²) >= 11 is 0. The lowest BCUT2D eigenvalue weighted by atomic mass is 10.2. The Balaban J connectivity index is 1.45. The highest BCUT2D eigenvalue weighted by atomic mass is 16.5. The minimum atomic E-state index is -0.410. The molecule has 1 aliphatic carbocycles. The number of methoxy groups -OCH3 is 1. The molecule has 0 amide bonds. The minimum Gasteiger partial charge on any atom is -0.389 e. The van der Waals surface area contributed by atoms with Crippen LogP contribution in [0.25, 0.3) is 0 Å². The van der Waals surface area contributed by atoms with Crippen LogP contribution in [0.15, 0.2) is 4.52 Å². The molecule has 2 heterocycles. The van der Waals surface area contributed by atoms with Gasteiger partial charge >= 0.3 is 0 Å². The zero-order valence-corrected chi connectivity index (χ0v) is 13.4. The lowest BCUT2D eigenvalue weighted by Crippen LogP contribution is -2.37. The summed E-state index contributed by atoms with van der Waals surface area (Å²) in [5, 5.41) is 13.9. The van der Waals surface area contributed by atoms with Gasteiger partial charge in [-0.1, -0.05) is 5.16 Å². The number of β-amino-alcohol motifs (C(OH)–C–C–N with tert-alkyl or cyclic N) is 1. The van der Waals surface area contributed by atoms with E-state index in [9.17, 15) is 5.11 Å². The molecule has 1 aliphatic heterocycles. The molecular formula is C15H26N4O3. The first kappa shape index (κ1) is 15.9. The van der Waals surface area contributed by atoms with E-state index in [1.807, 2.05) is 0 Å². The molecule has 7 nitrogen and oxygen atoms in total. The van der Waals surface area contributed by atoms with Crippen molar-refractivity contribution in [1.82, 2.24) is 19.9 Å². The predicted octanol–water partition coefficient (Wildman–Crippen LogP) is 0.460. The van der Waals surface area contributed by atoms with Gasteiger partial charge in [0.15, 0.2) is 5.82 Å². The standard InChI is InChI=1S/C15H26N4O3/c1-18(9-14-16-15(22-17-14)11-3-4-11)12-5-6-19(7-12)8-13(20)10-21-2/h11-13,20H,3-10H2,1-2H3/t12-,13+/m0/s1. The highest BCUT2D eigenvalue weighted by Gasteiger charge is 2.31. The molecule has 3 rings (SSSR count). The Morgan fingerprint density at radius 1 is 1.45 bits per heavy atom. The molecule has 7 heteroatoms. The zero-order chi connectivity index (χ0) is 15.5. The van der Waals surface area contributed by atoms with Crippen molar-refractivity contribution in [2.75, 3.05) is 40.4 Å². The number of rotatable bonds is 8. The van der Waals surface area contributed by atoms with E-state index in [1.165, 1.54) is 12.8 Å². The van der Waals surface area contributed by atoms with Crippen LogP contribution in [0.1, 0.15) is 36.9 Å². The van der Waals surface area contributed by atoms with Crippen LogP contribution in [0.2, 0.25) is 0 Å². The summed E-state index contributed by atoms with van der Waals surface area (Å²) in [7, 11) is 3.72. The van der Waals surface area contributed by atoms with Crippen LogP contribution in [0.5, 0.6) is 0 Å². The van der Waals surface area contributed by atoms with E-state index < -0.39 is 6.10 Å². The van der Waals surface area contributed by atoms with Crippen LogP contribution < -0.4 is 0 Å². The van der Waals surface area contributed by atoms with Gasteiger partial charge in [-0.2, -0.15) is 4.98 Å². The van der Waals surface area contributed by atoms with Gasteiger partial charge in [0.25, 0.3) is 0 Å². The van der Waals surface area contributed by atoms with Gasteiger partial charge in [0, 0.05) is 32.2 Å². The number of aromatic nitrogens is 2. The van der Waals surface area contributed by atoms with Crippen molar-refractivity contribution >= 4 is 0 Å². The third-order valence-corrected chi connectivity index (χ3v) is 4.50. The summed E-state index contributed by atoms with van der Waals surface area (Å²) < 4.78 is 10.3. The molecular weight excluding hydrogens is 284 g/mol. The molecule has 1 N–H and O–H groups in total. The zero-order valence-electron chi connectivity index (χ0n) is 13.4. The van der Waals surface area contributed by atoms with E-state index in [0.717, 1.165) is 37.8 Å². The van der Waals surface area contributed by atoms with Crippen molar-refractivity contribution in [2.24, 2.45) is 0 Å². The molecule has 0 unspecified atom stereocenters. The summed E-state index contributed by atoms with van der Waals surface area (Å²) in [6.07, 6.45) is 3.05. The number of nitrogens with zero attached hydrogens (tertiary/aromatic N) is 4. The maximum Gasteiger partial charge on any atom is 0.229 e. The number of ether oxygens (including phenoxy) is 1. The maximum atomic E-state index is 9.82. The summed E-state index contributed by atoms with van der Waals surface area (Å²) in [6.45, 7) is 3.76. The Morgan fingerprint density at radius 2 is 2.27 bits per heavy atom. The first-order valence-electron chi connectivity index (χ1n) is 8.07. The molecule has 0 radical (unpaired) electrons. The summed E-state index contributed by atoms with van der Waals surface area (Å²) in [5.41, 5.74) is 0. The minimum absolute atomic E-state index is 0.393. The Hall–Kier alpha value is -1.02. The largest absolute Gasteiger partial charge is 0.389 e. The highest BCUT2D eigenvalue weighted by Crippen LogP contribution is 2.38. The van der Waals surface area contributed by atoms with Crippen molar-refractivity contribution in [3.63, 3.8) is 0 Å². The average molecular weight is 310 g/mol. The topological polar surface area (TPSA) is 74.9 Å². The lowest BCUT2D eigenvalue weighted by Gasteiger charge is -2.24. The lowest BCUT2D eigenvalue weighted by molar-refractivity contribution is 0.0413. The SMILES string of the molecule is COC[C@H](O)CN1CC[C@H](N(C)Cc2noc(C3CC3)n2)C1. The number of likely N-dealkylation sites (N-methyl/N-ethyl adjacent to an activating group) is 1. The molecule has 2 aliphatic rings. The number of aliphatic hydroxyl groups excluding tert-OH is 1. The molecule has 0 bridgehead atoms. The van der Waals surface area contributed by atoms with Crippen molar-refractivity contribution in [3.05, 3.63) is 11.7 Å². The number of aliphatic hydroxyl groups is 1. The predicted molar refractivity (Wildman–Crippen MR) is 80.5 cm³/mol. The molecule has 1 saturated heterocycles. The Labute approximate surface area is 131 Å². The van der Waals surface area contributed by atoms with E-state index in [2.05, 4.69) is 27.0 Å². The maximum absolute atomic E-state index is 9.82. The third-order valence-electron chi connectivity index (χ3n) is 4.50. The van der Waals surface area contributed by atoms with E-state index in [-0.39, 0.29) is 0 Å². The molecule has 1 saturated carbocycles. The fourth-order valence-electron chi connectivity index (χ4n) is 3.06. The fraction of sp³-hybridized carbons (Fsp3) is 0.867. The molecule has 0 aromatic carbocycles. The Morgan fingerprint density at radius 3 is 3.00 bits per heavy atom. The summed E-state index contributed by atoms with van der Waals surface area (Å²) in [5.74, 6) is 2.09. The van der Waals surface area contributed by atoms with Gasteiger partial charge in [0.05, 0.1) is 19.3 Å². The van der Waals surface area contributed by atoms with Gasteiger partial charge in [-0.3, -0.25) is 9.80 Å². The first-order chi connectivity index (χ1) is 10.7. The van der Waals surface area contributed by atoms with E-state index in [0.29, 0.717) is 25.1 Å². The normalized spacial score (nSPS) is 24.3. The van der Waals surface area contributed by atoms with Gasteiger partial charge in [-0.05, 0) is 32.9 Å². The molecule has 1 aromatic rings.